The van der Waals surface area contributed by atoms with Crippen LogP contribution >= 0.6 is 11.8 Å². The molecule has 5 heteroatoms. The van der Waals surface area contributed by atoms with E-state index in [2.05, 4.69) is 0 Å². The average Bonchev–Trinajstić information content (AvgIpc) is 2.83. The van der Waals surface area contributed by atoms with Crippen molar-refractivity contribution in [1.82, 2.24) is 0 Å². The van der Waals surface area contributed by atoms with Crippen LogP contribution in [0.1, 0.15) is 29.5 Å². The van der Waals surface area contributed by atoms with Crippen LogP contribution in [0.3, 0.4) is 0 Å². The maximum absolute atomic E-state index is 10.8. The van der Waals surface area contributed by atoms with Crippen LogP contribution in [0.5, 0.6) is 0 Å². The van der Waals surface area contributed by atoms with E-state index in [-0.39, 0.29) is 11.7 Å². The van der Waals surface area contributed by atoms with Gasteiger partial charge in [-0.25, -0.2) is 4.79 Å². The third-order valence-corrected chi connectivity index (χ3v) is 4.19. The number of rotatable bonds is 4. The highest BCUT2D eigenvalue weighted by atomic mass is 32.2. The second kappa shape index (κ2) is 4.93. The minimum Gasteiger partial charge on any atom is -0.478 e. The lowest BCUT2D eigenvalue weighted by Gasteiger charge is -2.12. The van der Waals surface area contributed by atoms with Crippen molar-refractivity contribution in [3.63, 3.8) is 0 Å². The number of thioether (sulfide) groups is 1. The van der Waals surface area contributed by atoms with Crippen LogP contribution in [0.15, 0.2) is 16.7 Å². The molecule has 2 rings (SSSR count). The standard InChI is InChI=1S/C11H14O4S/c1-7-10(3-5-14-7)16-6-9-8(11(12)13)2-4-15-9/h2,4,7,10H,3,5-6H2,1H3,(H,12,13). The smallest absolute Gasteiger partial charge is 0.339 e. The molecular formula is C11H14O4S. The Hall–Kier alpha value is -0.940. The van der Waals surface area contributed by atoms with Crippen molar-refractivity contribution in [2.75, 3.05) is 6.61 Å². The lowest BCUT2D eigenvalue weighted by Crippen LogP contribution is -2.13. The van der Waals surface area contributed by atoms with Gasteiger partial charge in [0, 0.05) is 11.9 Å². The van der Waals surface area contributed by atoms with Crippen molar-refractivity contribution in [2.24, 2.45) is 0 Å². The predicted octanol–water partition coefficient (Wildman–Crippen LogP) is 2.39. The summed E-state index contributed by atoms with van der Waals surface area (Å²) in [5.41, 5.74) is 0.263. The van der Waals surface area contributed by atoms with Gasteiger partial charge in [-0.1, -0.05) is 0 Å². The van der Waals surface area contributed by atoms with Crippen molar-refractivity contribution in [2.45, 2.75) is 30.5 Å². The van der Waals surface area contributed by atoms with Crippen molar-refractivity contribution < 1.29 is 19.1 Å². The highest BCUT2D eigenvalue weighted by Gasteiger charge is 2.25. The highest BCUT2D eigenvalue weighted by molar-refractivity contribution is 7.99. The predicted molar refractivity (Wildman–Crippen MR) is 60.8 cm³/mol. The van der Waals surface area contributed by atoms with Crippen molar-refractivity contribution in [1.29, 1.82) is 0 Å². The van der Waals surface area contributed by atoms with E-state index in [1.165, 1.54) is 12.3 Å². The van der Waals surface area contributed by atoms with Crippen molar-refractivity contribution in [3.8, 4) is 0 Å². The number of carboxylic acid groups (broad SMARTS) is 1. The Morgan fingerprint density at radius 3 is 3.12 bits per heavy atom. The first-order valence-electron chi connectivity index (χ1n) is 5.21. The molecule has 0 aliphatic carbocycles. The normalized spacial score (nSPS) is 24.8. The van der Waals surface area contributed by atoms with E-state index in [1.807, 2.05) is 6.92 Å². The van der Waals surface area contributed by atoms with E-state index in [0.29, 0.717) is 16.8 Å². The maximum atomic E-state index is 10.8. The Morgan fingerprint density at radius 2 is 2.50 bits per heavy atom. The zero-order chi connectivity index (χ0) is 11.5. The second-order valence-electron chi connectivity index (χ2n) is 3.78. The number of carboxylic acids is 1. The monoisotopic (exact) mass is 242 g/mol. The van der Waals surface area contributed by atoms with Gasteiger partial charge >= 0.3 is 5.97 Å². The molecule has 1 saturated heterocycles. The van der Waals surface area contributed by atoms with E-state index >= 15 is 0 Å². The van der Waals surface area contributed by atoms with E-state index < -0.39 is 5.97 Å². The highest BCUT2D eigenvalue weighted by Crippen LogP contribution is 2.30. The molecule has 2 heterocycles. The van der Waals surface area contributed by atoms with Gasteiger partial charge in [-0.15, -0.1) is 11.8 Å². The molecule has 1 aliphatic rings. The summed E-state index contributed by atoms with van der Waals surface area (Å²) in [6.07, 6.45) is 2.69. The Balaban J connectivity index is 1.94. The Bertz CT molecular complexity index is 374. The minimum absolute atomic E-state index is 0.244. The summed E-state index contributed by atoms with van der Waals surface area (Å²) in [5.74, 6) is 0.198. The molecule has 2 atom stereocenters. The number of carbonyl (C=O) groups is 1. The number of ether oxygens (including phenoxy) is 1. The molecule has 0 bridgehead atoms. The zero-order valence-electron chi connectivity index (χ0n) is 9.01. The second-order valence-corrected chi connectivity index (χ2v) is 5.00. The Labute approximate surface area is 98.0 Å². The molecule has 1 aliphatic heterocycles. The number of furan rings is 1. The van der Waals surface area contributed by atoms with Gasteiger partial charge in [-0.2, -0.15) is 0 Å². The van der Waals surface area contributed by atoms with Crippen LogP contribution in [-0.2, 0) is 10.5 Å². The molecule has 0 saturated carbocycles. The van der Waals surface area contributed by atoms with Crippen molar-refractivity contribution >= 4 is 17.7 Å². The molecule has 16 heavy (non-hydrogen) atoms. The molecule has 88 valence electrons. The fourth-order valence-corrected chi connectivity index (χ4v) is 2.96. The average molecular weight is 242 g/mol. The number of hydrogen-bond donors (Lipinski definition) is 1. The number of hydrogen-bond acceptors (Lipinski definition) is 4. The molecule has 4 nitrogen and oxygen atoms in total. The molecule has 0 amide bonds. The summed E-state index contributed by atoms with van der Waals surface area (Å²) >= 11 is 1.70. The Kier molecular flexibility index (Phi) is 3.56. The SMILES string of the molecule is CC1OCCC1SCc1occc1C(=O)O. The van der Waals surface area contributed by atoms with Crippen LogP contribution in [0.2, 0.25) is 0 Å². The van der Waals surface area contributed by atoms with Crippen LogP contribution in [-0.4, -0.2) is 29.0 Å². The van der Waals surface area contributed by atoms with Crippen LogP contribution in [0, 0.1) is 0 Å². The molecule has 2 unspecified atom stereocenters. The molecular weight excluding hydrogens is 228 g/mol. The van der Waals surface area contributed by atoms with E-state index in [0.717, 1.165) is 13.0 Å². The van der Waals surface area contributed by atoms with Gasteiger partial charge in [0.15, 0.2) is 0 Å². The molecule has 0 aromatic carbocycles. The largest absolute Gasteiger partial charge is 0.478 e. The minimum atomic E-state index is -0.930. The first-order valence-corrected chi connectivity index (χ1v) is 6.26. The number of aromatic carboxylic acids is 1. The summed E-state index contributed by atoms with van der Waals surface area (Å²) in [7, 11) is 0. The van der Waals surface area contributed by atoms with Gasteiger partial charge in [0.2, 0.25) is 0 Å². The van der Waals surface area contributed by atoms with Gasteiger partial charge < -0.3 is 14.3 Å². The van der Waals surface area contributed by atoms with Crippen LogP contribution < -0.4 is 0 Å². The molecule has 1 aromatic rings. The molecule has 0 radical (unpaired) electrons. The summed E-state index contributed by atoms with van der Waals surface area (Å²) in [6.45, 7) is 2.84. The van der Waals surface area contributed by atoms with Crippen molar-refractivity contribution in [3.05, 3.63) is 23.7 Å². The van der Waals surface area contributed by atoms with Gasteiger partial charge in [0.1, 0.15) is 11.3 Å². The summed E-state index contributed by atoms with van der Waals surface area (Å²) in [5, 5.41) is 9.34. The molecule has 1 aromatic heterocycles. The van der Waals surface area contributed by atoms with Crippen LogP contribution in [0.4, 0.5) is 0 Å². The third kappa shape index (κ3) is 2.41. The van der Waals surface area contributed by atoms with Gasteiger partial charge in [0.05, 0.1) is 18.1 Å². The lowest BCUT2D eigenvalue weighted by molar-refractivity contribution is 0.0695. The van der Waals surface area contributed by atoms with E-state index in [9.17, 15) is 4.79 Å². The molecule has 1 fully saturated rings. The van der Waals surface area contributed by atoms with Crippen LogP contribution in [0.25, 0.3) is 0 Å². The first-order chi connectivity index (χ1) is 7.68. The van der Waals surface area contributed by atoms with Gasteiger partial charge in [-0.3, -0.25) is 0 Å². The summed E-state index contributed by atoms with van der Waals surface area (Å²) in [6, 6.07) is 1.49. The molecule has 0 spiro atoms. The fraction of sp³-hybridized carbons (Fsp3) is 0.545. The van der Waals surface area contributed by atoms with E-state index in [4.69, 9.17) is 14.3 Å². The fourth-order valence-electron chi connectivity index (χ4n) is 1.76. The third-order valence-electron chi connectivity index (χ3n) is 2.71. The molecule has 1 N–H and O–H groups in total. The summed E-state index contributed by atoms with van der Waals surface area (Å²) < 4.78 is 10.6. The van der Waals surface area contributed by atoms with E-state index in [1.54, 1.807) is 11.8 Å². The maximum Gasteiger partial charge on any atom is 0.339 e. The zero-order valence-corrected chi connectivity index (χ0v) is 9.83. The van der Waals surface area contributed by atoms with Gasteiger partial charge in [-0.05, 0) is 19.4 Å². The Morgan fingerprint density at radius 1 is 1.69 bits per heavy atom. The quantitative estimate of drug-likeness (QED) is 0.878. The lowest BCUT2D eigenvalue weighted by atomic mass is 10.2. The summed E-state index contributed by atoms with van der Waals surface area (Å²) in [4.78, 5) is 10.8. The van der Waals surface area contributed by atoms with Gasteiger partial charge in [0.25, 0.3) is 0 Å². The topological polar surface area (TPSA) is 59.7 Å². The first kappa shape index (κ1) is 11.5.